The minimum Gasteiger partial charge on any atom is -0.490 e. The predicted molar refractivity (Wildman–Crippen MR) is 113 cm³/mol. The average Bonchev–Trinajstić information content (AvgIpc) is 3.01. The quantitative estimate of drug-likeness (QED) is 0.208. The molecule has 1 aromatic heterocycles. The van der Waals surface area contributed by atoms with Crippen molar-refractivity contribution in [3.05, 3.63) is 48.5 Å². The summed E-state index contributed by atoms with van der Waals surface area (Å²) in [7, 11) is 0. The largest absolute Gasteiger partial charge is 0.490 e. The van der Waals surface area contributed by atoms with E-state index in [4.69, 9.17) is 19.5 Å². The molecule has 0 bridgehead atoms. The van der Waals surface area contributed by atoms with E-state index in [1.165, 1.54) is 17.4 Å². The number of carbonyl (C=O) groups is 2. The molecule has 0 aliphatic heterocycles. The zero-order valence-corrected chi connectivity index (χ0v) is 18.9. The van der Waals surface area contributed by atoms with Gasteiger partial charge < -0.3 is 14.2 Å². The fraction of sp³-hybridized carbons (Fsp3) is 0.211. The molecule has 0 N–H and O–H groups in total. The Kier molecular flexibility index (Phi) is 8.23. The van der Waals surface area contributed by atoms with Gasteiger partial charge in [0.1, 0.15) is 16.5 Å². The van der Waals surface area contributed by atoms with Crippen molar-refractivity contribution >= 4 is 61.2 Å². The second-order valence-corrected chi connectivity index (χ2v) is 8.38. The lowest BCUT2D eigenvalue weighted by atomic mass is 10.1. The molecule has 9 heteroatoms. The zero-order chi connectivity index (χ0) is 20.7. The van der Waals surface area contributed by atoms with Gasteiger partial charge in [0, 0.05) is 4.47 Å². The van der Waals surface area contributed by atoms with Crippen molar-refractivity contribution in [2.24, 2.45) is 0 Å². The summed E-state index contributed by atoms with van der Waals surface area (Å²) >= 11 is 7.91. The van der Waals surface area contributed by atoms with Crippen LogP contribution in [0.1, 0.15) is 29.1 Å². The second kappa shape index (κ2) is 10.4. The number of carbonyl (C=O) groups excluding carboxylic acids is 2. The van der Waals surface area contributed by atoms with Crippen LogP contribution in [0, 0.1) is 11.3 Å². The minimum atomic E-state index is -0.702. The number of hydrogen-bond acceptors (Lipinski definition) is 7. The van der Waals surface area contributed by atoms with E-state index in [0.717, 1.165) is 8.26 Å². The lowest BCUT2D eigenvalue weighted by Gasteiger charge is -2.11. The van der Waals surface area contributed by atoms with Crippen LogP contribution in [0.25, 0.3) is 6.08 Å². The Balaban J connectivity index is 2.30. The Morgan fingerprint density at radius 1 is 1.18 bits per heavy atom. The van der Waals surface area contributed by atoms with Crippen LogP contribution in [-0.2, 0) is 9.53 Å². The van der Waals surface area contributed by atoms with Crippen LogP contribution in [0.2, 0.25) is 0 Å². The number of halogens is 2. The lowest BCUT2D eigenvalue weighted by molar-refractivity contribution is -0.137. The highest BCUT2D eigenvalue weighted by Crippen LogP contribution is 2.35. The van der Waals surface area contributed by atoms with Crippen LogP contribution >= 0.6 is 43.2 Å². The molecule has 0 spiro atoms. The summed E-state index contributed by atoms with van der Waals surface area (Å²) < 4.78 is 17.4. The van der Waals surface area contributed by atoms with Crippen LogP contribution < -0.4 is 9.47 Å². The van der Waals surface area contributed by atoms with Crippen molar-refractivity contribution in [3.63, 3.8) is 0 Å². The smallest absolute Gasteiger partial charge is 0.353 e. The topological polar surface area (TPSA) is 85.6 Å². The van der Waals surface area contributed by atoms with Crippen molar-refractivity contribution < 1.29 is 23.8 Å². The highest BCUT2D eigenvalue weighted by Gasteiger charge is 2.17. The summed E-state index contributed by atoms with van der Waals surface area (Å²) in [5, 5.41) is 9.15. The first kappa shape index (κ1) is 22.1. The molecule has 0 saturated heterocycles. The fourth-order valence-corrected chi connectivity index (χ4v) is 3.99. The lowest BCUT2D eigenvalue weighted by Crippen LogP contribution is -2.08. The van der Waals surface area contributed by atoms with Crippen molar-refractivity contribution in [2.45, 2.75) is 13.8 Å². The van der Waals surface area contributed by atoms with Crippen molar-refractivity contribution in [3.8, 4) is 17.6 Å². The highest BCUT2D eigenvalue weighted by atomic mass is 79.9. The van der Waals surface area contributed by atoms with Gasteiger partial charge in [0.25, 0.3) is 0 Å². The Hall–Kier alpha value is -2.15. The van der Waals surface area contributed by atoms with Gasteiger partial charge >= 0.3 is 11.9 Å². The van der Waals surface area contributed by atoms with Crippen molar-refractivity contribution in [1.29, 1.82) is 5.26 Å². The van der Waals surface area contributed by atoms with E-state index in [9.17, 15) is 9.59 Å². The minimum absolute atomic E-state index is 0.137. The number of benzene rings is 1. The van der Waals surface area contributed by atoms with E-state index < -0.39 is 11.9 Å². The molecule has 2 aromatic rings. The van der Waals surface area contributed by atoms with Gasteiger partial charge in [-0.25, -0.2) is 9.59 Å². The Morgan fingerprint density at radius 3 is 2.50 bits per heavy atom. The first-order valence-electron chi connectivity index (χ1n) is 8.12. The summed E-state index contributed by atoms with van der Waals surface area (Å²) in [6.07, 6.45) is 1.39. The second-order valence-electron chi connectivity index (χ2n) is 5.15. The van der Waals surface area contributed by atoms with Crippen LogP contribution in [0.3, 0.4) is 0 Å². The summed E-state index contributed by atoms with van der Waals surface area (Å²) in [6, 6.07) is 8.22. The molecule has 0 saturated carbocycles. The maximum absolute atomic E-state index is 12.4. The van der Waals surface area contributed by atoms with Gasteiger partial charge in [-0.05, 0) is 75.5 Å². The van der Waals surface area contributed by atoms with Crippen LogP contribution in [0.4, 0.5) is 0 Å². The van der Waals surface area contributed by atoms with E-state index in [0.29, 0.717) is 22.8 Å². The molecular weight excluding hydrogens is 514 g/mol. The van der Waals surface area contributed by atoms with Gasteiger partial charge in [-0.3, -0.25) is 0 Å². The van der Waals surface area contributed by atoms with E-state index in [1.807, 2.05) is 6.07 Å². The SMILES string of the molecule is CCOC(=O)/C(C#N)=C/c1ccc(OC(=O)c2cc(Br)c(Br)s2)c(OCC)c1. The highest BCUT2D eigenvalue weighted by molar-refractivity contribution is 9.13. The number of rotatable bonds is 7. The molecule has 2 rings (SSSR count). The number of nitriles is 1. The van der Waals surface area contributed by atoms with Gasteiger partial charge in [-0.1, -0.05) is 6.07 Å². The summed E-state index contributed by atoms with van der Waals surface area (Å²) in [5.41, 5.74) is 0.400. The van der Waals surface area contributed by atoms with Gasteiger partial charge in [0.2, 0.25) is 0 Å². The van der Waals surface area contributed by atoms with Crippen LogP contribution in [0.5, 0.6) is 11.5 Å². The van der Waals surface area contributed by atoms with Gasteiger partial charge in [-0.15, -0.1) is 11.3 Å². The third kappa shape index (κ3) is 5.67. The number of ether oxygens (including phenoxy) is 3. The van der Waals surface area contributed by atoms with E-state index in [1.54, 1.807) is 38.1 Å². The van der Waals surface area contributed by atoms with Crippen molar-refractivity contribution in [1.82, 2.24) is 0 Å². The fourth-order valence-electron chi connectivity index (χ4n) is 2.08. The normalized spacial score (nSPS) is 10.9. The maximum atomic E-state index is 12.4. The zero-order valence-electron chi connectivity index (χ0n) is 15.0. The Bertz CT molecular complexity index is 942. The molecule has 0 atom stereocenters. The third-order valence-electron chi connectivity index (χ3n) is 3.24. The van der Waals surface area contributed by atoms with Crippen molar-refractivity contribution in [2.75, 3.05) is 13.2 Å². The molecule has 0 unspecified atom stereocenters. The molecule has 1 heterocycles. The van der Waals surface area contributed by atoms with Gasteiger partial charge in [-0.2, -0.15) is 5.26 Å². The monoisotopic (exact) mass is 527 g/mol. The molecule has 0 aliphatic carbocycles. The molecule has 28 heavy (non-hydrogen) atoms. The average molecular weight is 529 g/mol. The third-order valence-corrected chi connectivity index (χ3v) is 6.48. The molecule has 0 aliphatic rings. The summed E-state index contributed by atoms with van der Waals surface area (Å²) in [4.78, 5) is 24.6. The molecule has 6 nitrogen and oxygen atoms in total. The molecule has 0 fully saturated rings. The number of thiophene rings is 1. The van der Waals surface area contributed by atoms with Crippen LogP contribution in [0.15, 0.2) is 38.1 Å². The first-order chi connectivity index (χ1) is 13.4. The summed E-state index contributed by atoms with van der Waals surface area (Å²) in [6.45, 7) is 3.97. The molecular formula is C19H15Br2NO5S. The standard InChI is InChI=1S/C19H15Br2NO5S/c1-3-25-15-8-11(7-12(10-22)18(23)26-4-2)5-6-14(15)27-19(24)16-9-13(20)17(21)28-16/h5-9H,3-4H2,1-2H3/b12-7+. The number of hydrogen-bond donors (Lipinski definition) is 0. The van der Waals surface area contributed by atoms with Gasteiger partial charge in [0.15, 0.2) is 11.5 Å². The van der Waals surface area contributed by atoms with Crippen LogP contribution in [-0.4, -0.2) is 25.2 Å². The van der Waals surface area contributed by atoms with Gasteiger partial charge in [0.05, 0.1) is 17.0 Å². The molecule has 0 radical (unpaired) electrons. The molecule has 146 valence electrons. The number of esters is 2. The van der Waals surface area contributed by atoms with E-state index in [-0.39, 0.29) is 17.9 Å². The summed E-state index contributed by atoms with van der Waals surface area (Å²) in [5.74, 6) is -0.670. The Labute approximate surface area is 183 Å². The maximum Gasteiger partial charge on any atom is 0.353 e. The van der Waals surface area contributed by atoms with E-state index in [2.05, 4.69) is 31.9 Å². The predicted octanol–water partition coefficient (Wildman–Crippen LogP) is 5.36. The number of nitrogens with zero attached hydrogens (tertiary/aromatic N) is 1. The molecule has 0 amide bonds. The Morgan fingerprint density at radius 2 is 1.93 bits per heavy atom. The first-order valence-corrected chi connectivity index (χ1v) is 10.5. The van der Waals surface area contributed by atoms with E-state index >= 15 is 0 Å². The molecule has 1 aromatic carbocycles.